The van der Waals surface area contributed by atoms with Crippen LogP contribution < -0.4 is 11.1 Å². The molecule has 1 fully saturated rings. The molecule has 0 spiro atoms. The van der Waals surface area contributed by atoms with Crippen LogP contribution in [0.1, 0.15) is 18.3 Å². The maximum absolute atomic E-state index is 12.9. The number of amides is 2. The minimum atomic E-state index is -1.19. The molecule has 0 radical (unpaired) electrons. The van der Waals surface area contributed by atoms with E-state index in [1.807, 2.05) is 23.6 Å². The van der Waals surface area contributed by atoms with Crippen LogP contribution in [-0.2, 0) is 19.2 Å². The van der Waals surface area contributed by atoms with Crippen molar-refractivity contribution in [1.29, 1.82) is 0 Å². The number of carbonyl (C=O) groups excluding carboxylic acids is 2. The van der Waals surface area contributed by atoms with E-state index in [4.69, 9.17) is 10.6 Å². The standard InChI is InChI=1S/C21H21N7O5S3/c1-2-33-26-13(16-25-21(22)36-27-16)17(29)24-14-18(30)28-15(20(31)32)12(10-35-19(14)28)9-34-7-5-11-4-3-6-23-8-11/h3-8,14,19H,2,9-10H2,1H3,(H,24,29)(H,31,32)(H2,22,25,27)/b7-5-,26-13?/t14?,19-/m1/s1. The molecule has 0 aliphatic carbocycles. The number of pyridine rings is 1. The molecular weight excluding hydrogens is 526 g/mol. The zero-order chi connectivity index (χ0) is 25.7. The van der Waals surface area contributed by atoms with E-state index in [1.165, 1.54) is 28.4 Å². The first kappa shape index (κ1) is 25.7. The summed E-state index contributed by atoms with van der Waals surface area (Å²) < 4.78 is 3.98. The number of oxime groups is 1. The van der Waals surface area contributed by atoms with Crippen LogP contribution in [0.4, 0.5) is 5.13 Å². The van der Waals surface area contributed by atoms with Crippen LogP contribution in [0.5, 0.6) is 0 Å². The monoisotopic (exact) mass is 547 g/mol. The van der Waals surface area contributed by atoms with Gasteiger partial charge in [0.15, 0.2) is 5.13 Å². The Hall–Kier alpha value is -3.43. The molecule has 15 heteroatoms. The first-order valence-corrected chi connectivity index (χ1v) is 13.5. The number of β-lactam (4-membered cyclic amide) rings is 1. The Kier molecular flexibility index (Phi) is 8.22. The summed E-state index contributed by atoms with van der Waals surface area (Å²) in [6.45, 7) is 1.90. The molecule has 2 atom stereocenters. The zero-order valence-electron chi connectivity index (χ0n) is 18.9. The predicted molar refractivity (Wildman–Crippen MR) is 138 cm³/mol. The van der Waals surface area contributed by atoms with E-state index in [0.717, 1.165) is 17.1 Å². The lowest BCUT2D eigenvalue weighted by Gasteiger charge is -2.49. The first-order chi connectivity index (χ1) is 17.4. The van der Waals surface area contributed by atoms with E-state index in [-0.39, 0.29) is 29.0 Å². The Morgan fingerprint density at radius 2 is 2.31 bits per heavy atom. The van der Waals surface area contributed by atoms with E-state index in [2.05, 4.69) is 24.8 Å². The van der Waals surface area contributed by atoms with Gasteiger partial charge in [-0.2, -0.15) is 9.36 Å². The molecule has 36 heavy (non-hydrogen) atoms. The van der Waals surface area contributed by atoms with Crippen molar-refractivity contribution in [3.8, 4) is 0 Å². The SMILES string of the molecule is CCON=C(C(=O)NC1C(=O)N2C(C(=O)O)=C(CS/C=C\c3cccnc3)CS[C@H]12)c1nsc(N)n1. The van der Waals surface area contributed by atoms with E-state index < -0.39 is 29.2 Å². The molecule has 2 aromatic rings. The summed E-state index contributed by atoms with van der Waals surface area (Å²) >= 11 is 3.70. The van der Waals surface area contributed by atoms with Crippen LogP contribution in [0.25, 0.3) is 6.08 Å². The zero-order valence-corrected chi connectivity index (χ0v) is 21.3. The number of aliphatic carboxylic acids is 1. The third-order valence-corrected chi connectivity index (χ3v) is 7.71. The molecule has 1 saturated heterocycles. The van der Waals surface area contributed by atoms with Gasteiger partial charge in [0, 0.05) is 35.4 Å². The average Bonchev–Trinajstić information content (AvgIpc) is 3.31. The van der Waals surface area contributed by atoms with Gasteiger partial charge in [-0.25, -0.2) is 4.79 Å². The normalized spacial score (nSPS) is 19.8. The summed E-state index contributed by atoms with van der Waals surface area (Å²) in [5, 5.41) is 17.7. The number of carbonyl (C=O) groups is 3. The van der Waals surface area contributed by atoms with E-state index in [0.29, 0.717) is 17.1 Å². The first-order valence-electron chi connectivity index (χ1n) is 10.6. The molecule has 2 aliphatic rings. The topological polar surface area (TPSA) is 173 Å². The van der Waals surface area contributed by atoms with Crippen molar-refractivity contribution >= 4 is 69.8 Å². The lowest BCUT2D eigenvalue weighted by Crippen LogP contribution is -2.71. The summed E-state index contributed by atoms with van der Waals surface area (Å²) in [4.78, 5) is 52.1. The van der Waals surface area contributed by atoms with Crippen LogP contribution in [0.2, 0.25) is 0 Å². The number of hydrogen-bond donors (Lipinski definition) is 3. The Morgan fingerprint density at radius 3 is 2.97 bits per heavy atom. The molecule has 1 unspecified atom stereocenters. The number of nitrogens with two attached hydrogens (primary N) is 1. The minimum Gasteiger partial charge on any atom is -0.477 e. The number of aromatic nitrogens is 3. The smallest absolute Gasteiger partial charge is 0.352 e. The number of nitrogens with zero attached hydrogens (tertiary/aromatic N) is 5. The van der Waals surface area contributed by atoms with Gasteiger partial charge < -0.3 is 21.0 Å². The molecule has 4 rings (SSSR count). The quantitative estimate of drug-likeness (QED) is 0.223. The number of carboxylic acid groups (broad SMARTS) is 1. The van der Waals surface area contributed by atoms with Gasteiger partial charge >= 0.3 is 5.97 Å². The molecule has 2 amide bonds. The van der Waals surface area contributed by atoms with Gasteiger partial charge in [-0.3, -0.25) is 19.5 Å². The molecule has 0 saturated carbocycles. The molecule has 2 aromatic heterocycles. The highest BCUT2D eigenvalue weighted by atomic mass is 32.2. The third kappa shape index (κ3) is 5.52. The number of nitrogens with one attached hydrogen (secondary N) is 1. The minimum absolute atomic E-state index is 0.0202. The predicted octanol–water partition coefficient (Wildman–Crippen LogP) is 1.40. The van der Waals surface area contributed by atoms with Crippen molar-refractivity contribution in [2.45, 2.75) is 18.3 Å². The van der Waals surface area contributed by atoms with Gasteiger partial charge in [0.25, 0.3) is 11.8 Å². The fraction of sp³-hybridized carbons (Fsp3) is 0.286. The lowest BCUT2D eigenvalue weighted by molar-refractivity contribution is -0.150. The van der Waals surface area contributed by atoms with Gasteiger partial charge in [0.05, 0.1) is 0 Å². The van der Waals surface area contributed by atoms with E-state index in [1.54, 1.807) is 19.3 Å². The highest BCUT2D eigenvalue weighted by molar-refractivity contribution is 8.02. The largest absolute Gasteiger partial charge is 0.477 e. The van der Waals surface area contributed by atoms with Crippen molar-refractivity contribution in [1.82, 2.24) is 24.6 Å². The third-order valence-electron chi connectivity index (χ3n) is 4.99. The average molecular weight is 548 g/mol. The number of hydrogen-bond acceptors (Lipinski definition) is 12. The van der Waals surface area contributed by atoms with Crippen molar-refractivity contribution in [2.75, 3.05) is 23.8 Å². The maximum atomic E-state index is 12.9. The lowest BCUT2D eigenvalue weighted by atomic mass is 10.0. The molecule has 0 aromatic carbocycles. The molecule has 12 nitrogen and oxygen atoms in total. The number of anilines is 1. The van der Waals surface area contributed by atoms with Crippen LogP contribution in [-0.4, -0.2) is 77.4 Å². The fourth-order valence-corrected chi connectivity index (χ4v) is 6.10. The van der Waals surface area contributed by atoms with Gasteiger partial charge in [-0.1, -0.05) is 11.2 Å². The summed E-state index contributed by atoms with van der Waals surface area (Å²) in [5.74, 6) is -1.64. The highest BCUT2D eigenvalue weighted by Crippen LogP contribution is 2.41. The van der Waals surface area contributed by atoms with E-state index in [9.17, 15) is 19.5 Å². The number of rotatable bonds is 10. The Morgan fingerprint density at radius 1 is 1.47 bits per heavy atom. The Bertz CT molecular complexity index is 1250. The Labute approximate surface area is 218 Å². The summed E-state index contributed by atoms with van der Waals surface area (Å²) in [7, 11) is 0. The number of thioether (sulfide) groups is 2. The van der Waals surface area contributed by atoms with Crippen LogP contribution in [0, 0.1) is 0 Å². The molecule has 188 valence electrons. The van der Waals surface area contributed by atoms with Gasteiger partial charge in [-0.15, -0.1) is 23.5 Å². The van der Waals surface area contributed by atoms with Crippen LogP contribution in [0.15, 0.2) is 46.4 Å². The van der Waals surface area contributed by atoms with Crippen LogP contribution >= 0.6 is 35.1 Å². The number of fused-ring (bicyclic) bond motifs is 1. The van der Waals surface area contributed by atoms with Crippen molar-refractivity contribution in [3.63, 3.8) is 0 Å². The molecule has 4 heterocycles. The van der Waals surface area contributed by atoms with E-state index >= 15 is 0 Å². The Balaban J connectivity index is 1.44. The molecule has 4 N–H and O–H groups in total. The van der Waals surface area contributed by atoms with Gasteiger partial charge in [-0.05, 0) is 35.6 Å². The maximum Gasteiger partial charge on any atom is 0.352 e. The fourth-order valence-electron chi connectivity index (χ4n) is 3.40. The molecular formula is C21H21N7O5S3. The van der Waals surface area contributed by atoms with Crippen molar-refractivity contribution in [2.24, 2.45) is 5.16 Å². The van der Waals surface area contributed by atoms with Gasteiger partial charge in [0.1, 0.15) is 23.7 Å². The van der Waals surface area contributed by atoms with Crippen molar-refractivity contribution in [3.05, 3.63) is 52.6 Å². The molecule has 0 bridgehead atoms. The highest BCUT2D eigenvalue weighted by Gasteiger charge is 2.54. The summed E-state index contributed by atoms with van der Waals surface area (Å²) in [5.41, 5.74) is 6.89. The number of nitrogen functional groups attached to an aromatic ring is 1. The summed E-state index contributed by atoms with van der Waals surface area (Å²) in [6.07, 6.45) is 5.28. The molecule has 2 aliphatic heterocycles. The number of carboxylic acids is 1. The second-order valence-electron chi connectivity index (χ2n) is 7.33. The van der Waals surface area contributed by atoms with Gasteiger partial charge in [0.2, 0.25) is 11.5 Å². The second-order valence-corrected chi connectivity index (χ2v) is 10.1. The van der Waals surface area contributed by atoms with Crippen molar-refractivity contribution < 1.29 is 24.3 Å². The second kappa shape index (κ2) is 11.5. The van der Waals surface area contributed by atoms with Crippen LogP contribution in [0.3, 0.4) is 0 Å². The summed E-state index contributed by atoms with van der Waals surface area (Å²) in [6, 6.07) is 2.80.